The molecule has 3 aromatic rings. The van der Waals surface area contributed by atoms with Crippen molar-refractivity contribution in [2.45, 2.75) is 40.2 Å². The van der Waals surface area contributed by atoms with Crippen molar-refractivity contribution < 1.29 is 9.47 Å². The van der Waals surface area contributed by atoms with Crippen LogP contribution in [0.25, 0.3) is 10.2 Å². The number of fused-ring (bicyclic) bond motifs is 1. The van der Waals surface area contributed by atoms with E-state index in [0.29, 0.717) is 36.5 Å². The summed E-state index contributed by atoms with van der Waals surface area (Å²) < 4.78 is 12.2. The van der Waals surface area contributed by atoms with E-state index >= 15 is 0 Å². The third-order valence-corrected chi connectivity index (χ3v) is 5.73. The minimum absolute atomic E-state index is 0.0925. The lowest BCUT2D eigenvalue weighted by Gasteiger charge is -2.13. The number of aromatic amines is 1. The first kappa shape index (κ1) is 20.3. The first-order valence-electron chi connectivity index (χ1n) is 9.29. The number of H-pyrrole nitrogens is 1. The van der Waals surface area contributed by atoms with Gasteiger partial charge in [-0.1, -0.05) is 6.92 Å². The second-order valence-corrected chi connectivity index (χ2v) is 7.86. The highest BCUT2D eigenvalue weighted by Gasteiger charge is 2.17. The minimum atomic E-state index is -0.203. The molecule has 3 aromatic heterocycles. The molecule has 1 N–H and O–H groups in total. The molecule has 0 aliphatic rings. The molecule has 0 amide bonds. The van der Waals surface area contributed by atoms with Crippen LogP contribution < -0.4 is 15.7 Å². The predicted octanol–water partition coefficient (Wildman–Crippen LogP) is 2.79. The van der Waals surface area contributed by atoms with E-state index in [-0.39, 0.29) is 23.3 Å². The molecule has 0 saturated carbocycles. The van der Waals surface area contributed by atoms with Gasteiger partial charge < -0.3 is 14.5 Å². The highest BCUT2D eigenvalue weighted by molar-refractivity contribution is 7.18. The van der Waals surface area contributed by atoms with Crippen LogP contribution in [0.5, 0.6) is 5.75 Å². The van der Waals surface area contributed by atoms with Crippen LogP contribution in [0, 0.1) is 13.8 Å². The Hall–Kier alpha value is -2.45. The number of rotatable bonds is 8. The van der Waals surface area contributed by atoms with Crippen molar-refractivity contribution in [3.8, 4) is 5.75 Å². The summed E-state index contributed by atoms with van der Waals surface area (Å²) >= 11 is 1.53. The van der Waals surface area contributed by atoms with Crippen molar-refractivity contribution in [2.75, 3.05) is 20.3 Å². The average Bonchev–Trinajstić information content (AvgIpc) is 2.96. The van der Waals surface area contributed by atoms with Crippen LogP contribution in [0.3, 0.4) is 0 Å². The van der Waals surface area contributed by atoms with Crippen molar-refractivity contribution >= 4 is 21.6 Å². The van der Waals surface area contributed by atoms with Gasteiger partial charge in [-0.3, -0.25) is 14.2 Å². The number of thiophene rings is 1. The maximum atomic E-state index is 13.2. The fourth-order valence-corrected chi connectivity index (χ4v) is 4.04. The molecular weight excluding hydrogens is 378 g/mol. The van der Waals surface area contributed by atoms with E-state index in [0.717, 1.165) is 21.7 Å². The standard InChI is InChI=1S/C20H25N3O4S/c1-5-7-27-16-10-21-14(9-15(16)24)11-23-17(6-8-26-4)22-19-18(20(23)25)12(2)13(3)28-19/h9-10H,5-8,11H2,1-4H3,(H,21,24). The molecule has 8 heteroatoms. The average molecular weight is 404 g/mol. The zero-order valence-electron chi connectivity index (χ0n) is 16.6. The summed E-state index contributed by atoms with van der Waals surface area (Å²) in [7, 11) is 1.62. The normalized spacial score (nSPS) is 11.3. The fourth-order valence-electron chi connectivity index (χ4n) is 3.00. The second kappa shape index (κ2) is 8.70. The molecule has 0 aromatic carbocycles. The smallest absolute Gasteiger partial charge is 0.262 e. The number of aryl methyl sites for hydroxylation is 2. The molecule has 0 unspecified atom stereocenters. The summed E-state index contributed by atoms with van der Waals surface area (Å²) in [5.74, 6) is 0.934. The van der Waals surface area contributed by atoms with Gasteiger partial charge in [-0.2, -0.15) is 0 Å². The number of nitrogens with zero attached hydrogens (tertiary/aromatic N) is 2. The lowest BCUT2D eigenvalue weighted by Crippen LogP contribution is -2.27. The monoisotopic (exact) mass is 403 g/mol. The summed E-state index contributed by atoms with van der Waals surface area (Å²) in [6.07, 6.45) is 2.89. The lowest BCUT2D eigenvalue weighted by molar-refractivity contribution is 0.199. The Morgan fingerprint density at radius 3 is 2.71 bits per heavy atom. The molecule has 0 spiro atoms. The lowest BCUT2D eigenvalue weighted by atomic mass is 10.2. The number of ether oxygens (including phenoxy) is 2. The Morgan fingerprint density at radius 2 is 2.04 bits per heavy atom. The van der Waals surface area contributed by atoms with Crippen molar-refractivity contribution in [1.29, 1.82) is 0 Å². The molecule has 3 heterocycles. The molecule has 0 saturated heterocycles. The Balaban J connectivity index is 2.04. The van der Waals surface area contributed by atoms with Gasteiger partial charge in [-0.15, -0.1) is 11.3 Å². The summed E-state index contributed by atoms with van der Waals surface area (Å²) in [5.41, 5.74) is 1.29. The van der Waals surface area contributed by atoms with Crippen LogP contribution in [0.2, 0.25) is 0 Å². The van der Waals surface area contributed by atoms with Crippen molar-refractivity contribution in [3.63, 3.8) is 0 Å². The molecular formula is C20H25N3O4S. The zero-order chi connectivity index (χ0) is 20.3. The first-order chi connectivity index (χ1) is 13.5. The van der Waals surface area contributed by atoms with Crippen molar-refractivity contribution in [2.24, 2.45) is 0 Å². The maximum absolute atomic E-state index is 13.2. The third-order valence-electron chi connectivity index (χ3n) is 4.62. The Morgan fingerprint density at radius 1 is 1.25 bits per heavy atom. The maximum Gasteiger partial charge on any atom is 0.262 e. The van der Waals surface area contributed by atoms with Gasteiger partial charge in [0, 0.05) is 36.4 Å². The molecule has 0 aliphatic carbocycles. The number of hydrogen-bond donors (Lipinski definition) is 1. The largest absolute Gasteiger partial charge is 0.488 e. The molecule has 7 nitrogen and oxygen atoms in total. The van der Waals surface area contributed by atoms with Crippen LogP contribution >= 0.6 is 11.3 Å². The Labute approximate surface area is 167 Å². The molecule has 0 bridgehead atoms. The third kappa shape index (κ3) is 4.02. The number of aromatic nitrogens is 3. The van der Waals surface area contributed by atoms with Gasteiger partial charge in [0.05, 0.1) is 25.1 Å². The van der Waals surface area contributed by atoms with Gasteiger partial charge >= 0.3 is 0 Å². The van der Waals surface area contributed by atoms with Crippen molar-refractivity contribution in [1.82, 2.24) is 14.5 Å². The van der Waals surface area contributed by atoms with Gasteiger partial charge in [0.2, 0.25) is 5.43 Å². The van der Waals surface area contributed by atoms with E-state index in [1.54, 1.807) is 17.9 Å². The molecule has 0 fully saturated rings. The van der Waals surface area contributed by atoms with Crippen molar-refractivity contribution in [3.05, 3.63) is 54.8 Å². The Bertz CT molecular complexity index is 1100. The number of hydrogen-bond acceptors (Lipinski definition) is 6. The summed E-state index contributed by atoms with van der Waals surface area (Å²) in [5, 5.41) is 0.647. The van der Waals surface area contributed by atoms with Gasteiger partial charge in [0.15, 0.2) is 5.75 Å². The highest BCUT2D eigenvalue weighted by atomic mass is 32.1. The summed E-state index contributed by atoms with van der Waals surface area (Å²) in [6, 6.07) is 1.48. The SMILES string of the molecule is CCCOc1c[nH]c(Cn2c(CCOC)nc3sc(C)c(C)c3c2=O)cc1=O. The molecule has 0 aliphatic heterocycles. The van der Waals surface area contributed by atoms with E-state index in [2.05, 4.69) is 4.98 Å². The van der Waals surface area contributed by atoms with E-state index in [9.17, 15) is 9.59 Å². The zero-order valence-corrected chi connectivity index (χ0v) is 17.4. The van der Waals surface area contributed by atoms with E-state index < -0.39 is 0 Å². The fraction of sp³-hybridized carbons (Fsp3) is 0.450. The van der Waals surface area contributed by atoms with Crippen LogP contribution in [-0.4, -0.2) is 34.9 Å². The molecule has 0 radical (unpaired) electrons. The first-order valence-corrected chi connectivity index (χ1v) is 10.1. The highest BCUT2D eigenvalue weighted by Crippen LogP contribution is 2.26. The topological polar surface area (TPSA) is 86.2 Å². The number of methoxy groups -OCH3 is 1. The quantitative estimate of drug-likeness (QED) is 0.625. The summed E-state index contributed by atoms with van der Waals surface area (Å²) in [6.45, 7) is 7.10. The molecule has 150 valence electrons. The van der Waals surface area contributed by atoms with E-state index in [4.69, 9.17) is 14.5 Å². The molecule has 28 heavy (non-hydrogen) atoms. The van der Waals surface area contributed by atoms with Gasteiger partial charge in [0.1, 0.15) is 10.7 Å². The number of pyridine rings is 1. The predicted molar refractivity (Wildman–Crippen MR) is 111 cm³/mol. The minimum Gasteiger partial charge on any atom is -0.488 e. The van der Waals surface area contributed by atoms with Crippen LogP contribution in [0.4, 0.5) is 0 Å². The molecule has 3 rings (SSSR count). The van der Waals surface area contributed by atoms with Gasteiger partial charge in [0.25, 0.3) is 5.56 Å². The number of nitrogens with one attached hydrogen (secondary N) is 1. The van der Waals surface area contributed by atoms with Gasteiger partial charge in [-0.05, 0) is 25.8 Å². The van der Waals surface area contributed by atoms with Crippen LogP contribution in [-0.2, 0) is 17.7 Å². The van der Waals surface area contributed by atoms with Crippen LogP contribution in [0.1, 0.15) is 35.3 Å². The second-order valence-electron chi connectivity index (χ2n) is 6.66. The van der Waals surface area contributed by atoms with Gasteiger partial charge in [-0.25, -0.2) is 4.98 Å². The van der Waals surface area contributed by atoms with E-state index in [1.165, 1.54) is 17.4 Å². The Kier molecular flexibility index (Phi) is 6.31. The summed E-state index contributed by atoms with van der Waals surface area (Å²) in [4.78, 5) is 35.1. The van der Waals surface area contributed by atoms with Crippen LogP contribution in [0.15, 0.2) is 21.9 Å². The molecule has 0 atom stereocenters. The van der Waals surface area contributed by atoms with E-state index in [1.807, 2.05) is 20.8 Å².